The Kier molecular flexibility index (Phi) is 5.76. The van der Waals surface area contributed by atoms with Gasteiger partial charge in [0.05, 0.1) is 12.4 Å². The second kappa shape index (κ2) is 5.91. The van der Waals surface area contributed by atoms with E-state index >= 15 is 0 Å². The Morgan fingerprint density at radius 3 is 2.89 bits per heavy atom. The van der Waals surface area contributed by atoms with Crippen LogP contribution in [0.25, 0.3) is 0 Å². The number of aliphatic hydroxyl groups is 1. The first-order valence-corrected chi connectivity index (χ1v) is 3.86. The van der Waals surface area contributed by atoms with Crippen molar-refractivity contribution in [1.82, 2.24) is 5.32 Å². The molecule has 0 spiro atoms. The van der Waals surface area contributed by atoms with Crippen LogP contribution in [0.3, 0.4) is 0 Å². The molecule has 0 aromatic carbocycles. The maximum Gasteiger partial charge on any atom is 0.229 e. The Bertz CT molecular complexity index is 87.0. The smallest absolute Gasteiger partial charge is 0.229 e. The monoisotopic (exact) mass is 149 g/mol. The zero-order chi connectivity index (χ0) is 7.11. The number of rotatable bonds is 4. The van der Waals surface area contributed by atoms with Crippen LogP contribution in [0.4, 0.5) is 0 Å². The van der Waals surface area contributed by atoms with E-state index in [0.29, 0.717) is 11.5 Å². The summed E-state index contributed by atoms with van der Waals surface area (Å²) in [6.45, 7) is 0.141. The molecule has 0 fully saturated rings. The first kappa shape index (κ1) is 8.78. The van der Waals surface area contributed by atoms with Crippen LogP contribution in [0.2, 0.25) is 0 Å². The van der Waals surface area contributed by atoms with Gasteiger partial charge in [-0.1, -0.05) is 0 Å². The Morgan fingerprint density at radius 1 is 1.78 bits per heavy atom. The minimum atomic E-state index is 0.00782. The fourth-order valence-electron chi connectivity index (χ4n) is 0.302. The van der Waals surface area contributed by atoms with Gasteiger partial charge in [-0.25, -0.2) is 0 Å². The largest absolute Gasteiger partial charge is 0.396 e. The van der Waals surface area contributed by atoms with E-state index in [-0.39, 0.29) is 12.5 Å². The van der Waals surface area contributed by atoms with Crippen LogP contribution in [-0.4, -0.2) is 36.2 Å². The van der Waals surface area contributed by atoms with Crippen molar-refractivity contribution in [1.29, 1.82) is 0 Å². The van der Waals surface area contributed by atoms with Crippen molar-refractivity contribution in [3.63, 3.8) is 0 Å². The first-order valence-electron chi connectivity index (χ1n) is 2.70. The predicted octanol–water partition coefficient (Wildman–Crippen LogP) is -0.542. The number of hydrogen-bond acceptors (Lipinski definition) is 3. The lowest BCUT2D eigenvalue weighted by molar-refractivity contribution is -0.118. The average molecular weight is 149 g/mol. The highest BCUT2D eigenvalue weighted by molar-refractivity contribution is 7.99. The van der Waals surface area contributed by atoms with Gasteiger partial charge in [0.2, 0.25) is 5.91 Å². The Labute approximate surface area is 58.8 Å². The minimum Gasteiger partial charge on any atom is -0.396 e. The molecule has 0 radical (unpaired) electrons. The van der Waals surface area contributed by atoms with E-state index in [1.165, 1.54) is 11.8 Å². The molecule has 0 aliphatic heterocycles. The lowest BCUT2D eigenvalue weighted by Crippen LogP contribution is -2.20. The number of carbonyl (C=O) groups excluding carboxylic acids is 1. The van der Waals surface area contributed by atoms with Crippen LogP contribution in [0, 0.1) is 0 Å². The molecule has 0 saturated heterocycles. The summed E-state index contributed by atoms with van der Waals surface area (Å²) >= 11 is 1.42. The highest BCUT2D eigenvalue weighted by Crippen LogP contribution is 1.95. The number of thioether (sulfide) groups is 1. The lowest BCUT2D eigenvalue weighted by Gasteiger charge is -1.96. The van der Waals surface area contributed by atoms with Gasteiger partial charge in [0.25, 0.3) is 0 Å². The van der Waals surface area contributed by atoms with Crippen molar-refractivity contribution in [3.8, 4) is 0 Å². The van der Waals surface area contributed by atoms with Gasteiger partial charge in [-0.05, 0) is 0 Å². The van der Waals surface area contributed by atoms with Crippen molar-refractivity contribution < 1.29 is 9.90 Å². The molecule has 0 rings (SSSR count). The van der Waals surface area contributed by atoms with Crippen LogP contribution in [-0.2, 0) is 4.79 Å². The van der Waals surface area contributed by atoms with Gasteiger partial charge in [-0.2, -0.15) is 0 Å². The fraction of sp³-hybridized carbons (Fsp3) is 0.800. The maximum absolute atomic E-state index is 10.5. The molecule has 0 atom stereocenters. The van der Waals surface area contributed by atoms with E-state index in [1.54, 1.807) is 7.05 Å². The molecule has 0 heterocycles. The van der Waals surface area contributed by atoms with E-state index in [9.17, 15) is 4.79 Å². The molecule has 0 saturated carbocycles. The molecule has 0 aromatic rings. The van der Waals surface area contributed by atoms with Crippen molar-refractivity contribution >= 4 is 17.7 Å². The summed E-state index contributed by atoms with van der Waals surface area (Å²) in [6.07, 6.45) is 0. The molecule has 3 nitrogen and oxygen atoms in total. The quantitative estimate of drug-likeness (QED) is 0.528. The Morgan fingerprint density at radius 2 is 2.44 bits per heavy atom. The second-order valence-electron chi connectivity index (χ2n) is 1.45. The van der Waals surface area contributed by atoms with Gasteiger partial charge in [0.1, 0.15) is 0 Å². The molecule has 4 heteroatoms. The summed E-state index contributed by atoms with van der Waals surface area (Å²) in [6, 6.07) is 0. The zero-order valence-corrected chi connectivity index (χ0v) is 6.20. The third kappa shape index (κ3) is 5.65. The summed E-state index contributed by atoms with van der Waals surface area (Å²) in [4.78, 5) is 10.5. The highest BCUT2D eigenvalue weighted by Gasteiger charge is 1.94. The molecule has 2 N–H and O–H groups in total. The van der Waals surface area contributed by atoms with Gasteiger partial charge in [-0.3, -0.25) is 4.79 Å². The van der Waals surface area contributed by atoms with E-state index in [0.717, 1.165) is 0 Å². The molecule has 0 aliphatic carbocycles. The molecule has 0 aromatic heterocycles. The minimum absolute atomic E-state index is 0.00782. The molecule has 0 unspecified atom stereocenters. The van der Waals surface area contributed by atoms with Gasteiger partial charge >= 0.3 is 0 Å². The number of amides is 1. The molecule has 0 bridgehead atoms. The highest BCUT2D eigenvalue weighted by atomic mass is 32.2. The normalized spacial score (nSPS) is 9.11. The summed E-state index contributed by atoms with van der Waals surface area (Å²) < 4.78 is 0. The zero-order valence-electron chi connectivity index (χ0n) is 5.39. The molecule has 1 amide bonds. The van der Waals surface area contributed by atoms with Crippen LogP contribution >= 0.6 is 11.8 Å². The van der Waals surface area contributed by atoms with E-state index in [1.807, 2.05) is 0 Å². The van der Waals surface area contributed by atoms with Crippen molar-refractivity contribution in [2.75, 3.05) is 25.2 Å². The third-order valence-corrected chi connectivity index (χ3v) is 1.69. The summed E-state index contributed by atoms with van der Waals surface area (Å²) in [7, 11) is 1.60. The number of carbonyl (C=O) groups is 1. The number of nitrogens with one attached hydrogen (secondary N) is 1. The van der Waals surface area contributed by atoms with E-state index in [2.05, 4.69) is 5.32 Å². The Balaban J connectivity index is 2.97. The molecular formula is C5H11NO2S. The maximum atomic E-state index is 10.5. The molecule has 54 valence electrons. The number of hydrogen-bond donors (Lipinski definition) is 2. The van der Waals surface area contributed by atoms with Crippen molar-refractivity contribution in [2.45, 2.75) is 0 Å². The topological polar surface area (TPSA) is 49.3 Å². The standard InChI is InChI=1S/C5H11NO2S/c1-6-5(8)4-9-3-2-7/h7H,2-4H2,1H3,(H,6,8). The molecule has 0 aliphatic rings. The van der Waals surface area contributed by atoms with Crippen molar-refractivity contribution in [2.24, 2.45) is 0 Å². The SMILES string of the molecule is CNC(=O)CSCCO. The summed E-state index contributed by atoms with van der Waals surface area (Å²) in [5.74, 6) is 1.08. The van der Waals surface area contributed by atoms with Gasteiger partial charge in [0.15, 0.2) is 0 Å². The van der Waals surface area contributed by atoms with E-state index < -0.39 is 0 Å². The van der Waals surface area contributed by atoms with Gasteiger partial charge in [-0.15, -0.1) is 11.8 Å². The summed E-state index contributed by atoms with van der Waals surface area (Å²) in [5, 5.41) is 10.8. The molecular weight excluding hydrogens is 138 g/mol. The second-order valence-corrected chi connectivity index (χ2v) is 2.55. The van der Waals surface area contributed by atoms with Crippen molar-refractivity contribution in [3.05, 3.63) is 0 Å². The van der Waals surface area contributed by atoms with E-state index in [4.69, 9.17) is 5.11 Å². The predicted molar refractivity (Wildman–Crippen MR) is 38.5 cm³/mol. The molecule has 9 heavy (non-hydrogen) atoms. The first-order chi connectivity index (χ1) is 4.31. The van der Waals surface area contributed by atoms with Gasteiger partial charge < -0.3 is 10.4 Å². The van der Waals surface area contributed by atoms with Crippen LogP contribution in [0.5, 0.6) is 0 Å². The lowest BCUT2D eigenvalue weighted by atomic mass is 10.7. The van der Waals surface area contributed by atoms with Crippen LogP contribution in [0.15, 0.2) is 0 Å². The van der Waals surface area contributed by atoms with Crippen LogP contribution < -0.4 is 5.32 Å². The average Bonchev–Trinajstić information content (AvgIpc) is 1.89. The van der Waals surface area contributed by atoms with Gasteiger partial charge in [0, 0.05) is 12.8 Å². The number of aliphatic hydroxyl groups excluding tert-OH is 1. The third-order valence-electron chi connectivity index (χ3n) is 0.748. The Hall–Kier alpha value is -0.220. The fourth-order valence-corrected chi connectivity index (χ4v) is 0.905. The van der Waals surface area contributed by atoms with Crippen LogP contribution in [0.1, 0.15) is 0 Å². The summed E-state index contributed by atoms with van der Waals surface area (Å²) in [5.41, 5.74) is 0.